The van der Waals surface area contributed by atoms with Crippen LogP contribution in [0.2, 0.25) is 0 Å². The van der Waals surface area contributed by atoms with Gasteiger partial charge in [0.05, 0.1) is 19.2 Å². The van der Waals surface area contributed by atoms with Gasteiger partial charge in [0.2, 0.25) is 0 Å². The molecule has 4 heteroatoms. The second-order valence-corrected chi connectivity index (χ2v) is 5.33. The third kappa shape index (κ3) is 2.55. The minimum Gasteiger partial charge on any atom is -0.497 e. The number of ether oxygens (including phenoxy) is 1. The van der Waals surface area contributed by atoms with Crippen molar-refractivity contribution in [2.75, 3.05) is 7.11 Å². The number of hydrogen-bond acceptors (Lipinski definition) is 2. The zero-order chi connectivity index (χ0) is 15.7. The summed E-state index contributed by atoms with van der Waals surface area (Å²) in [4.78, 5) is 14.6. The van der Waals surface area contributed by atoms with Crippen LogP contribution in [-0.2, 0) is 11.2 Å². The van der Waals surface area contributed by atoms with E-state index in [4.69, 9.17) is 4.74 Å². The van der Waals surface area contributed by atoms with Crippen molar-refractivity contribution in [3.8, 4) is 17.0 Å². The van der Waals surface area contributed by atoms with E-state index in [0.29, 0.717) is 5.75 Å². The summed E-state index contributed by atoms with van der Waals surface area (Å²) in [6.45, 7) is 2.03. The van der Waals surface area contributed by atoms with Crippen LogP contribution in [0.25, 0.3) is 22.2 Å². The number of fused-ring (bicyclic) bond motifs is 1. The highest BCUT2D eigenvalue weighted by Crippen LogP contribution is 2.33. The Labute approximate surface area is 128 Å². The molecular weight excluding hydrogens is 278 g/mol. The molecule has 22 heavy (non-hydrogen) atoms. The predicted molar refractivity (Wildman–Crippen MR) is 86.4 cm³/mol. The van der Waals surface area contributed by atoms with Gasteiger partial charge in [-0.2, -0.15) is 0 Å². The summed E-state index contributed by atoms with van der Waals surface area (Å²) in [6.07, 6.45) is -0.0314. The third-order valence-corrected chi connectivity index (χ3v) is 3.78. The van der Waals surface area contributed by atoms with E-state index < -0.39 is 5.97 Å². The Morgan fingerprint density at radius 3 is 2.55 bits per heavy atom. The van der Waals surface area contributed by atoms with E-state index in [-0.39, 0.29) is 6.42 Å². The molecule has 0 atom stereocenters. The highest BCUT2D eigenvalue weighted by atomic mass is 16.5. The summed E-state index contributed by atoms with van der Waals surface area (Å²) in [5.41, 5.74) is 4.70. The Kier molecular flexibility index (Phi) is 3.59. The minimum absolute atomic E-state index is 0.0314. The van der Waals surface area contributed by atoms with Gasteiger partial charge in [0.25, 0.3) is 0 Å². The molecule has 0 spiro atoms. The van der Waals surface area contributed by atoms with Crippen LogP contribution in [0.5, 0.6) is 5.75 Å². The largest absolute Gasteiger partial charge is 0.497 e. The van der Waals surface area contributed by atoms with E-state index in [1.165, 1.54) is 5.56 Å². The number of H-pyrrole nitrogens is 1. The van der Waals surface area contributed by atoms with Crippen LogP contribution < -0.4 is 4.74 Å². The molecule has 0 aliphatic heterocycles. The van der Waals surface area contributed by atoms with Crippen LogP contribution in [0.4, 0.5) is 0 Å². The second kappa shape index (κ2) is 5.56. The molecule has 2 aromatic carbocycles. The fourth-order valence-electron chi connectivity index (χ4n) is 2.66. The number of aromatic nitrogens is 1. The summed E-state index contributed by atoms with van der Waals surface area (Å²) < 4.78 is 5.25. The molecule has 0 saturated carbocycles. The predicted octanol–water partition coefficient (Wildman–Crippen LogP) is 3.78. The molecule has 0 amide bonds. The summed E-state index contributed by atoms with van der Waals surface area (Å²) in [5, 5.41) is 10.1. The van der Waals surface area contributed by atoms with E-state index in [1.54, 1.807) is 7.11 Å². The number of benzene rings is 2. The topological polar surface area (TPSA) is 62.3 Å². The molecule has 0 radical (unpaired) electrons. The molecule has 0 saturated heterocycles. The van der Waals surface area contributed by atoms with Gasteiger partial charge in [-0.05, 0) is 36.2 Å². The van der Waals surface area contributed by atoms with E-state index in [9.17, 15) is 9.90 Å². The molecule has 0 aliphatic rings. The van der Waals surface area contributed by atoms with Gasteiger partial charge in [-0.25, -0.2) is 0 Å². The monoisotopic (exact) mass is 295 g/mol. The first-order valence-electron chi connectivity index (χ1n) is 7.06. The lowest BCUT2D eigenvalue weighted by Gasteiger charge is -2.04. The number of carbonyl (C=O) groups is 1. The number of methoxy groups -OCH3 is 1. The maximum atomic E-state index is 11.3. The lowest BCUT2D eigenvalue weighted by molar-refractivity contribution is -0.136. The average molecular weight is 295 g/mol. The van der Waals surface area contributed by atoms with Gasteiger partial charge in [0.15, 0.2) is 0 Å². The van der Waals surface area contributed by atoms with Gasteiger partial charge in [0, 0.05) is 10.9 Å². The first-order valence-corrected chi connectivity index (χ1v) is 7.06. The van der Waals surface area contributed by atoms with E-state index in [1.807, 2.05) is 49.4 Å². The number of aliphatic carboxylic acids is 1. The van der Waals surface area contributed by atoms with E-state index in [2.05, 4.69) is 4.98 Å². The number of aryl methyl sites for hydroxylation is 1. The standard InChI is InChI=1S/C18H17NO3/c1-11-3-5-12(6-4-11)18-15(10-17(20)21)14-9-13(22-2)7-8-16(14)19-18/h3-9,19H,10H2,1-2H3,(H,20,21). The highest BCUT2D eigenvalue weighted by Gasteiger charge is 2.16. The third-order valence-electron chi connectivity index (χ3n) is 3.78. The van der Waals surface area contributed by atoms with Gasteiger partial charge in [-0.1, -0.05) is 29.8 Å². The van der Waals surface area contributed by atoms with Crippen molar-refractivity contribution in [2.45, 2.75) is 13.3 Å². The van der Waals surface area contributed by atoms with Crippen molar-refractivity contribution in [1.29, 1.82) is 0 Å². The van der Waals surface area contributed by atoms with Crippen LogP contribution in [0.15, 0.2) is 42.5 Å². The molecule has 3 rings (SSSR count). The van der Waals surface area contributed by atoms with Crippen molar-refractivity contribution >= 4 is 16.9 Å². The zero-order valence-electron chi connectivity index (χ0n) is 12.5. The van der Waals surface area contributed by atoms with Crippen LogP contribution in [0.3, 0.4) is 0 Å². The molecule has 1 heterocycles. The number of hydrogen-bond donors (Lipinski definition) is 2. The molecule has 0 unspecified atom stereocenters. The number of rotatable bonds is 4. The van der Waals surface area contributed by atoms with Crippen molar-refractivity contribution in [3.05, 3.63) is 53.6 Å². The van der Waals surface area contributed by atoms with Crippen molar-refractivity contribution < 1.29 is 14.6 Å². The molecule has 0 aliphatic carbocycles. The highest BCUT2D eigenvalue weighted by molar-refractivity contribution is 5.94. The Hall–Kier alpha value is -2.75. The Bertz CT molecular complexity index is 831. The fourth-order valence-corrected chi connectivity index (χ4v) is 2.66. The van der Waals surface area contributed by atoms with Gasteiger partial charge in [-0.3, -0.25) is 4.79 Å². The number of aromatic amines is 1. The van der Waals surface area contributed by atoms with Crippen LogP contribution >= 0.6 is 0 Å². The van der Waals surface area contributed by atoms with Crippen LogP contribution in [0.1, 0.15) is 11.1 Å². The van der Waals surface area contributed by atoms with Gasteiger partial charge < -0.3 is 14.8 Å². The maximum absolute atomic E-state index is 11.3. The second-order valence-electron chi connectivity index (χ2n) is 5.33. The Morgan fingerprint density at radius 2 is 1.91 bits per heavy atom. The van der Waals surface area contributed by atoms with E-state index in [0.717, 1.165) is 27.7 Å². The normalized spacial score (nSPS) is 10.8. The van der Waals surface area contributed by atoms with Gasteiger partial charge in [0.1, 0.15) is 5.75 Å². The van der Waals surface area contributed by atoms with E-state index >= 15 is 0 Å². The molecular formula is C18H17NO3. The molecule has 3 aromatic rings. The first kappa shape index (κ1) is 14.2. The summed E-state index contributed by atoms with van der Waals surface area (Å²) in [5.74, 6) is -0.134. The molecule has 1 aromatic heterocycles. The van der Waals surface area contributed by atoms with Gasteiger partial charge >= 0.3 is 5.97 Å². The zero-order valence-corrected chi connectivity index (χ0v) is 12.5. The van der Waals surface area contributed by atoms with Gasteiger partial charge in [-0.15, -0.1) is 0 Å². The smallest absolute Gasteiger partial charge is 0.307 e. The average Bonchev–Trinajstić information content (AvgIpc) is 2.85. The molecule has 4 nitrogen and oxygen atoms in total. The molecule has 2 N–H and O–H groups in total. The minimum atomic E-state index is -0.850. The Morgan fingerprint density at radius 1 is 1.18 bits per heavy atom. The van der Waals surface area contributed by atoms with Crippen molar-refractivity contribution in [2.24, 2.45) is 0 Å². The van der Waals surface area contributed by atoms with Crippen LogP contribution in [-0.4, -0.2) is 23.2 Å². The fraction of sp³-hybridized carbons (Fsp3) is 0.167. The first-order chi connectivity index (χ1) is 10.6. The SMILES string of the molecule is COc1ccc2[nH]c(-c3ccc(C)cc3)c(CC(=O)O)c2c1. The van der Waals surface area contributed by atoms with Crippen molar-refractivity contribution in [1.82, 2.24) is 4.98 Å². The van der Waals surface area contributed by atoms with Crippen LogP contribution in [0, 0.1) is 6.92 Å². The van der Waals surface area contributed by atoms with Crippen molar-refractivity contribution in [3.63, 3.8) is 0 Å². The number of carboxylic acid groups (broad SMARTS) is 1. The molecule has 0 bridgehead atoms. The lowest BCUT2D eigenvalue weighted by atomic mass is 10.0. The number of nitrogens with one attached hydrogen (secondary N) is 1. The maximum Gasteiger partial charge on any atom is 0.307 e. The lowest BCUT2D eigenvalue weighted by Crippen LogP contribution is -2.01. The Balaban J connectivity index is 2.23. The molecule has 0 fully saturated rings. The summed E-state index contributed by atoms with van der Waals surface area (Å²) in [6, 6.07) is 13.7. The number of carboxylic acids is 1. The summed E-state index contributed by atoms with van der Waals surface area (Å²) in [7, 11) is 1.60. The molecule has 112 valence electrons. The summed E-state index contributed by atoms with van der Waals surface area (Å²) >= 11 is 0. The quantitative estimate of drug-likeness (QED) is 0.770.